The third-order valence-electron chi connectivity index (χ3n) is 2.25. The lowest BCUT2D eigenvalue weighted by molar-refractivity contribution is 0.105. The number of fused-ring (bicyclic) bond motifs is 1. The topological polar surface area (TPSA) is 9.23 Å². The first-order chi connectivity index (χ1) is 7.06. The van der Waals surface area contributed by atoms with Crippen molar-refractivity contribution in [3.8, 4) is 0 Å². The Kier molecular flexibility index (Phi) is 2.68. The van der Waals surface area contributed by atoms with Crippen LogP contribution in [0.5, 0.6) is 0 Å². The van der Waals surface area contributed by atoms with Gasteiger partial charge in [0.15, 0.2) is 16.6 Å². The summed E-state index contributed by atoms with van der Waals surface area (Å²) < 4.78 is 44.8. The van der Waals surface area contributed by atoms with Gasteiger partial charge in [-0.25, -0.2) is 13.2 Å². The molecule has 2 rings (SSSR count). The van der Waals surface area contributed by atoms with Gasteiger partial charge in [-0.15, -0.1) is 0 Å². The monoisotopic (exact) mass is 234 g/mol. The van der Waals surface area contributed by atoms with Crippen LogP contribution in [-0.2, 0) is 11.2 Å². The first-order valence-corrected chi connectivity index (χ1v) is 5.21. The minimum Gasteiger partial charge on any atom is -0.380 e. The molecule has 1 heterocycles. The molecule has 15 heavy (non-hydrogen) atoms. The van der Waals surface area contributed by atoms with E-state index < -0.39 is 16.6 Å². The number of halogens is 3. The molecule has 0 aromatic heterocycles. The zero-order valence-electron chi connectivity index (χ0n) is 8.02. The van der Waals surface area contributed by atoms with E-state index in [4.69, 9.17) is 4.74 Å². The zero-order valence-corrected chi connectivity index (χ0v) is 8.84. The van der Waals surface area contributed by atoms with Crippen LogP contribution in [-0.4, -0.2) is 18.7 Å². The Bertz CT molecular complexity index is 396. The molecule has 1 atom stereocenters. The molecule has 0 saturated carbocycles. The summed E-state index contributed by atoms with van der Waals surface area (Å²) in [5.41, 5.74) is 0.111. The Morgan fingerprint density at radius 2 is 2.20 bits per heavy atom. The molecular weight excluding hydrogens is 225 g/mol. The highest BCUT2D eigenvalue weighted by atomic mass is 32.2. The molecule has 1 aromatic rings. The molecular formula is C10H9F3OS. The van der Waals surface area contributed by atoms with Crippen molar-refractivity contribution in [2.75, 3.05) is 13.7 Å². The summed E-state index contributed by atoms with van der Waals surface area (Å²) in [4.78, 5) is 0.452. The number of hydrogen-bond acceptors (Lipinski definition) is 2. The summed E-state index contributed by atoms with van der Waals surface area (Å²) in [6.45, 7) is -0.132. The molecule has 0 fully saturated rings. The third-order valence-corrected chi connectivity index (χ3v) is 3.48. The number of methoxy groups -OCH3 is 1. The quantitative estimate of drug-likeness (QED) is 0.778. The van der Waals surface area contributed by atoms with Crippen molar-refractivity contribution in [2.45, 2.75) is 16.3 Å². The van der Waals surface area contributed by atoms with E-state index in [0.29, 0.717) is 4.90 Å². The van der Waals surface area contributed by atoms with Gasteiger partial charge >= 0.3 is 0 Å². The molecule has 82 valence electrons. The lowest BCUT2D eigenvalue weighted by Crippen LogP contribution is -2.23. The second kappa shape index (κ2) is 3.72. The first kappa shape index (κ1) is 10.8. The molecule has 1 unspecified atom stereocenters. The minimum atomic E-state index is -1.67. The molecule has 1 nitrogen and oxygen atoms in total. The molecule has 0 amide bonds. The molecule has 0 spiro atoms. The van der Waals surface area contributed by atoms with Crippen LogP contribution in [0.15, 0.2) is 17.0 Å². The van der Waals surface area contributed by atoms with Crippen LogP contribution < -0.4 is 0 Å². The molecule has 0 saturated heterocycles. The lowest BCUT2D eigenvalue weighted by Gasteiger charge is -2.15. The van der Waals surface area contributed by atoms with Crippen LogP contribution in [0.25, 0.3) is 0 Å². The summed E-state index contributed by atoms with van der Waals surface area (Å²) in [7, 11) is 1.38. The second-order valence-corrected chi connectivity index (χ2v) is 4.81. The number of hydrogen-bond donors (Lipinski definition) is 0. The molecule has 5 heteroatoms. The standard InChI is InChI=1S/C10H9F3OS/c1-14-5-10(13)4-6-8(15-10)3-2-7(11)9(6)12/h2-3H,4-5H2,1H3. The molecule has 0 bridgehead atoms. The summed E-state index contributed by atoms with van der Waals surface area (Å²) in [5.74, 6) is -1.88. The maximum atomic E-state index is 14.0. The van der Waals surface area contributed by atoms with Gasteiger partial charge in [0.1, 0.15) is 0 Å². The fraction of sp³-hybridized carbons (Fsp3) is 0.400. The van der Waals surface area contributed by atoms with Crippen molar-refractivity contribution in [1.29, 1.82) is 0 Å². The Labute approximate surface area is 89.6 Å². The Hall–Kier alpha value is -0.680. The van der Waals surface area contributed by atoms with E-state index in [1.165, 1.54) is 13.2 Å². The Balaban J connectivity index is 2.35. The minimum absolute atomic E-state index is 0.111. The molecule has 0 radical (unpaired) electrons. The molecule has 0 N–H and O–H groups in total. The van der Waals surface area contributed by atoms with Crippen molar-refractivity contribution in [1.82, 2.24) is 0 Å². The normalized spacial score (nSPS) is 24.3. The van der Waals surface area contributed by atoms with Crippen LogP contribution in [0.2, 0.25) is 0 Å². The maximum Gasteiger partial charge on any atom is 0.187 e. The Morgan fingerprint density at radius 1 is 1.47 bits per heavy atom. The smallest absolute Gasteiger partial charge is 0.187 e. The van der Waals surface area contributed by atoms with Crippen LogP contribution in [0, 0.1) is 11.6 Å². The van der Waals surface area contributed by atoms with Crippen molar-refractivity contribution >= 4 is 11.8 Å². The Morgan fingerprint density at radius 3 is 2.87 bits per heavy atom. The van der Waals surface area contributed by atoms with Gasteiger partial charge in [0.05, 0.1) is 6.61 Å². The molecule has 1 aliphatic heterocycles. The fourth-order valence-corrected chi connectivity index (χ4v) is 2.84. The largest absolute Gasteiger partial charge is 0.380 e. The van der Waals surface area contributed by atoms with Crippen LogP contribution in [0.3, 0.4) is 0 Å². The van der Waals surface area contributed by atoms with Gasteiger partial charge in [-0.3, -0.25) is 0 Å². The maximum absolute atomic E-state index is 14.0. The van der Waals surface area contributed by atoms with Gasteiger partial charge in [-0.05, 0) is 12.1 Å². The SMILES string of the molecule is COCC1(F)Cc2c(ccc(F)c2F)S1. The highest BCUT2D eigenvalue weighted by molar-refractivity contribution is 8.00. The number of ether oxygens (including phenoxy) is 1. The molecule has 0 aliphatic carbocycles. The van der Waals surface area contributed by atoms with E-state index >= 15 is 0 Å². The van der Waals surface area contributed by atoms with Gasteiger partial charge in [0, 0.05) is 24.0 Å². The van der Waals surface area contributed by atoms with E-state index in [1.807, 2.05) is 0 Å². The zero-order chi connectivity index (χ0) is 11.1. The first-order valence-electron chi connectivity index (χ1n) is 4.39. The van der Waals surface area contributed by atoms with Gasteiger partial charge in [-0.2, -0.15) is 0 Å². The predicted octanol–water partition coefficient (Wildman–Crippen LogP) is 2.93. The van der Waals surface area contributed by atoms with E-state index in [9.17, 15) is 13.2 Å². The van der Waals surface area contributed by atoms with Gasteiger partial charge < -0.3 is 4.74 Å². The van der Waals surface area contributed by atoms with Crippen LogP contribution in [0.1, 0.15) is 5.56 Å². The van der Waals surface area contributed by atoms with Crippen molar-refractivity contribution < 1.29 is 17.9 Å². The highest BCUT2D eigenvalue weighted by Crippen LogP contribution is 2.47. The second-order valence-electron chi connectivity index (χ2n) is 3.43. The van der Waals surface area contributed by atoms with Gasteiger partial charge in [0.25, 0.3) is 0 Å². The van der Waals surface area contributed by atoms with Crippen molar-refractivity contribution in [2.24, 2.45) is 0 Å². The van der Waals surface area contributed by atoms with Crippen LogP contribution in [0.4, 0.5) is 13.2 Å². The average molecular weight is 234 g/mol. The summed E-state index contributed by atoms with van der Waals surface area (Å²) >= 11 is 0.888. The number of rotatable bonds is 2. The summed E-state index contributed by atoms with van der Waals surface area (Å²) in [6.07, 6.45) is -0.148. The number of thioether (sulfide) groups is 1. The van der Waals surface area contributed by atoms with Crippen LogP contribution >= 0.6 is 11.8 Å². The predicted molar refractivity (Wildman–Crippen MR) is 51.6 cm³/mol. The molecule has 1 aliphatic rings. The third kappa shape index (κ3) is 1.86. The number of benzene rings is 1. The lowest BCUT2D eigenvalue weighted by atomic mass is 10.1. The van der Waals surface area contributed by atoms with E-state index in [-0.39, 0.29) is 18.6 Å². The van der Waals surface area contributed by atoms with Crippen molar-refractivity contribution in [3.05, 3.63) is 29.3 Å². The van der Waals surface area contributed by atoms with Crippen molar-refractivity contribution in [3.63, 3.8) is 0 Å². The van der Waals surface area contributed by atoms with E-state index in [0.717, 1.165) is 17.8 Å². The fourth-order valence-electron chi connectivity index (χ4n) is 1.63. The van der Waals surface area contributed by atoms with Gasteiger partial charge in [-0.1, -0.05) is 11.8 Å². The van der Waals surface area contributed by atoms with E-state index in [2.05, 4.69) is 0 Å². The number of alkyl halides is 1. The summed E-state index contributed by atoms with van der Waals surface area (Å²) in [5, 5.41) is -1.67. The molecule has 1 aromatic carbocycles. The average Bonchev–Trinajstić information content (AvgIpc) is 2.50. The van der Waals surface area contributed by atoms with E-state index in [1.54, 1.807) is 0 Å². The highest BCUT2D eigenvalue weighted by Gasteiger charge is 2.40. The van der Waals surface area contributed by atoms with Gasteiger partial charge in [0.2, 0.25) is 0 Å². The summed E-state index contributed by atoms with van der Waals surface area (Å²) in [6, 6.07) is 2.41.